The predicted octanol–water partition coefficient (Wildman–Crippen LogP) is 0.143. The van der Waals surface area contributed by atoms with E-state index < -0.39 is 35.6 Å². The number of hydrogen-bond acceptors (Lipinski definition) is 7. The third kappa shape index (κ3) is 3.13. The van der Waals surface area contributed by atoms with Gasteiger partial charge >= 0.3 is 0 Å². The number of nitrogens with one attached hydrogen (secondary N) is 1. The van der Waals surface area contributed by atoms with Crippen LogP contribution in [0.15, 0.2) is 18.2 Å². The number of nitro groups is 1. The Morgan fingerprint density at radius 2 is 1.90 bits per heavy atom. The molecule has 0 aromatic heterocycles. The molecule has 1 aromatic rings. The van der Waals surface area contributed by atoms with E-state index in [9.17, 15) is 25.4 Å². The van der Waals surface area contributed by atoms with Crippen molar-refractivity contribution < 1.29 is 25.0 Å². The molecule has 0 radical (unpaired) electrons. The van der Waals surface area contributed by atoms with Crippen LogP contribution in [0.25, 0.3) is 0 Å². The minimum Gasteiger partial charge on any atom is -0.388 e. The summed E-state index contributed by atoms with van der Waals surface area (Å²) in [7, 11) is 0. The Balaban J connectivity index is 2.24. The van der Waals surface area contributed by atoms with Gasteiger partial charge in [-0.05, 0) is 25.5 Å². The third-order valence-corrected chi connectivity index (χ3v) is 3.50. The molecular formula is C13H18N2O6. The van der Waals surface area contributed by atoms with Crippen LogP contribution in [0.2, 0.25) is 0 Å². The molecule has 1 aromatic carbocycles. The molecule has 4 N–H and O–H groups in total. The summed E-state index contributed by atoms with van der Waals surface area (Å²) in [5.74, 6) is 0. The van der Waals surface area contributed by atoms with E-state index in [1.165, 1.54) is 19.1 Å². The van der Waals surface area contributed by atoms with Crippen LogP contribution in [0, 0.1) is 17.0 Å². The van der Waals surface area contributed by atoms with E-state index >= 15 is 0 Å². The molecule has 1 aliphatic heterocycles. The number of ether oxygens (including phenoxy) is 1. The standard InChI is InChI=1S/C13H18N2O6/c1-6-3-4-8(9(5-6)15(19)20)14-13-12(18)11(17)10(16)7(2)21-13/h3-5,7,10-14,16-18H,1-2H3/t7-,10+,11-,12+,13-/m1/s1. The van der Waals surface area contributed by atoms with Crippen molar-refractivity contribution in [2.75, 3.05) is 5.32 Å². The third-order valence-electron chi connectivity index (χ3n) is 3.50. The van der Waals surface area contributed by atoms with Gasteiger partial charge in [0.2, 0.25) is 0 Å². The Bertz CT molecular complexity index is 537. The lowest BCUT2D eigenvalue weighted by Crippen LogP contribution is -2.58. The van der Waals surface area contributed by atoms with Gasteiger partial charge in [-0.3, -0.25) is 10.1 Å². The van der Waals surface area contributed by atoms with Crippen molar-refractivity contribution in [1.82, 2.24) is 0 Å². The van der Waals surface area contributed by atoms with Gasteiger partial charge in [-0.1, -0.05) is 6.07 Å². The number of nitro benzene ring substituents is 1. The SMILES string of the molecule is Cc1ccc(N[C@@H]2O[C@H](C)[C@H](O)[C@@H](O)[C@@H]2O)c([N+](=O)[O-])c1. The number of nitrogens with zero attached hydrogens (tertiary/aromatic N) is 1. The largest absolute Gasteiger partial charge is 0.388 e. The van der Waals surface area contributed by atoms with Crippen molar-refractivity contribution in [1.29, 1.82) is 0 Å². The minimum atomic E-state index is -1.41. The first kappa shape index (κ1) is 15.6. The summed E-state index contributed by atoms with van der Waals surface area (Å²) in [4.78, 5) is 10.5. The van der Waals surface area contributed by atoms with Gasteiger partial charge in [0.15, 0.2) is 6.23 Å². The number of aliphatic hydroxyl groups excluding tert-OH is 3. The number of hydrogen-bond donors (Lipinski definition) is 4. The monoisotopic (exact) mass is 298 g/mol. The van der Waals surface area contributed by atoms with Crippen molar-refractivity contribution >= 4 is 11.4 Å². The van der Waals surface area contributed by atoms with Crippen LogP contribution in [-0.2, 0) is 4.74 Å². The van der Waals surface area contributed by atoms with Gasteiger partial charge in [0.25, 0.3) is 5.69 Å². The van der Waals surface area contributed by atoms with Crippen molar-refractivity contribution in [2.24, 2.45) is 0 Å². The molecule has 2 rings (SSSR count). The number of aliphatic hydroxyl groups is 3. The summed E-state index contributed by atoms with van der Waals surface area (Å²) >= 11 is 0. The average molecular weight is 298 g/mol. The number of rotatable bonds is 3. The molecule has 8 nitrogen and oxygen atoms in total. The van der Waals surface area contributed by atoms with Crippen LogP contribution in [0.1, 0.15) is 12.5 Å². The fourth-order valence-electron chi connectivity index (χ4n) is 2.24. The first-order valence-corrected chi connectivity index (χ1v) is 6.52. The van der Waals surface area contributed by atoms with E-state index in [0.717, 1.165) is 5.56 Å². The maximum absolute atomic E-state index is 11.1. The molecule has 0 aliphatic carbocycles. The minimum absolute atomic E-state index is 0.154. The van der Waals surface area contributed by atoms with Crippen LogP contribution < -0.4 is 5.32 Å². The van der Waals surface area contributed by atoms with Gasteiger partial charge in [-0.25, -0.2) is 0 Å². The van der Waals surface area contributed by atoms with Gasteiger partial charge in [0.1, 0.15) is 24.0 Å². The molecule has 0 saturated carbocycles. The molecular weight excluding hydrogens is 280 g/mol. The van der Waals surface area contributed by atoms with Gasteiger partial charge in [0.05, 0.1) is 11.0 Å². The highest BCUT2D eigenvalue weighted by Gasteiger charge is 2.42. The second-order valence-electron chi connectivity index (χ2n) is 5.16. The average Bonchev–Trinajstić information content (AvgIpc) is 2.44. The van der Waals surface area contributed by atoms with E-state index in [0.29, 0.717) is 0 Å². The summed E-state index contributed by atoms with van der Waals surface area (Å²) in [5.41, 5.74) is 0.741. The highest BCUT2D eigenvalue weighted by Crippen LogP contribution is 2.29. The van der Waals surface area contributed by atoms with Crippen molar-refractivity contribution in [3.8, 4) is 0 Å². The second kappa shape index (κ2) is 5.94. The molecule has 0 amide bonds. The van der Waals surface area contributed by atoms with Crippen LogP contribution in [0.4, 0.5) is 11.4 Å². The second-order valence-corrected chi connectivity index (χ2v) is 5.16. The molecule has 0 bridgehead atoms. The Morgan fingerprint density at radius 1 is 1.24 bits per heavy atom. The van der Waals surface area contributed by atoms with Gasteiger partial charge in [0, 0.05) is 6.07 Å². The fraction of sp³-hybridized carbons (Fsp3) is 0.538. The van der Waals surface area contributed by atoms with E-state index in [2.05, 4.69) is 5.32 Å². The van der Waals surface area contributed by atoms with Crippen LogP contribution in [0.3, 0.4) is 0 Å². The van der Waals surface area contributed by atoms with Gasteiger partial charge in [-0.15, -0.1) is 0 Å². The molecule has 1 aliphatic rings. The van der Waals surface area contributed by atoms with E-state index in [1.807, 2.05) is 0 Å². The quantitative estimate of drug-likeness (QED) is 0.462. The Kier molecular flexibility index (Phi) is 4.43. The van der Waals surface area contributed by atoms with Crippen molar-refractivity contribution in [3.63, 3.8) is 0 Å². The van der Waals surface area contributed by atoms with Crippen molar-refractivity contribution in [2.45, 2.75) is 44.5 Å². The highest BCUT2D eigenvalue weighted by atomic mass is 16.6. The first-order chi connectivity index (χ1) is 9.81. The lowest BCUT2D eigenvalue weighted by molar-refractivity contribution is -0.384. The number of anilines is 1. The summed E-state index contributed by atoms with van der Waals surface area (Å²) in [6.07, 6.45) is -5.79. The lowest BCUT2D eigenvalue weighted by Gasteiger charge is -2.39. The van der Waals surface area contributed by atoms with E-state index in [4.69, 9.17) is 4.74 Å². The number of aryl methyl sites for hydroxylation is 1. The summed E-state index contributed by atoms with van der Waals surface area (Å²) in [6, 6.07) is 4.58. The molecule has 21 heavy (non-hydrogen) atoms. The number of benzene rings is 1. The first-order valence-electron chi connectivity index (χ1n) is 6.52. The maximum atomic E-state index is 11.1. The molecule has 116 valence electrons. The van der Waals surface area contributed by atoms with Crippen LogP contribution in [0.5, 0.6) is 0 Å². The highest BCUT2D eigenvalue weighted by molar-refractivity contribution is 5.62. The van der Waals surface area contributed by atoms with Gasteiger partial charge in [-0.2, -0.15) is 0 Å². The molecule has 1 saturated heterocycles. The van der Waals surface area contributed by atoms with Crippen LogP contribution in [-0.4, -0.2) is 50.9 Å². The summed E-state index contributed by atoms with van der Waals surface area (Å²) < 4.78 is 5.36. The Morgan fingerprint density at radius 3 is 2.52 bits per heavy atom. The van der Waals surface area contributed by atoms with E-state index in [1.54, 1.807) is 13.0 Å². The normalized spacial score (nSPS) is 32.7. The van der Waals surface area contributed by atoms with Crippen molar-refractivity contribution in [3.05, 3.63) is 33.9 Å². The van der Waals surface area contributed by atoms with Crippen LogP contribution >= 0.6 is 0 Å². The smallest absolute Gasteiger partial charge is 0.292 e. The summed E-state index contributed by atoms with van der Waals surface area (Å²) in [6.45, 7) is 3.27. The zero-order valence-corrected chi connectivity index (χ0v) is 11.6. The zero-order valence-electron chi connectivity index (χ0n) is 11.6. The predicted molar refractivity (Wildman–Crippen MR) is 73.8 cm³/mol. The molecule has 5 atom stereocenters. The van der Waals surface area contributed by atoms with Gasteiger partial charge < -0.3 is 25.4 Å². The Hall–Kier alpha value is -1.74. The molecule has 1 fully saturated rings. The Labute approximate surface area is 121 Å². The lowest BCUT2D eigenvalue weighted by atomic mass is 9.99. The summed E-state index contributed by atoms with van der Waals surface area (Å²) in [5, 5.41) is 43.0. The molecule has 1 heterocycles. The fourth-order valence-corrected chi connectivity index (χ4v) is 2.24. The zero-order chi connectivity index (χ0) is 15.7. The topological polar surface area (TPSA) is 125 Å². The van der Waals surface area contributed by atoms with E-state index in [-0.39, 0.29) is 11.4 Å². The molecule has 8 heteroatoms. The maximum Gasteiger partial charge on any atom is 0.292 e. The molecule has 0 unspecified atom stereocenters. The molecule has 0 spiro atoms.